The number of benzene rings is 3. The molecule has 0 amide bonds. The SMILES string of the molecule is FC(F)(F)c1cc(C(c2ccc(-c3ccccc3)cc2)N2CCCNCC2)ccc1Cl. The van der Waals surface area contributed by atoms with Crippen LogP contribution in [0.3, 0.4) is 0 Å². The van der Waals surface area contributed by atoms with Crippen molar-refractivity contribution < 1.29 is 13.2 Å². The zero-order valence-electron chi connectivity index (χ0n) is 17.0. The highest BCUT2D eigenvalue weighted by Gasteiger charge is 2.34. The Morgan fingerprint density at radius 2 is 1.48 bits per heavy atom. The summed E-state index contributed by atoms with van der Waals surface area (Å²) in [5.41, 5.74) is 2.97. The summed E-state index contributed by atoms with van der Waals surface area (Å²) >= 11 is 5.89. The number of rotatable bonds is 4. The Morgan fingerprint density at radius 3 is 2.19 bits per heavy atom. The first-order chi connectivity index (χ1) is 14.9. The van der Waals surface area contributed by atoms with Gasteiger partial charge in [-0.1, -0.05) is 72.3 Å². The van der Waals surface area contributed by atoms with Gasteiger partial charge in [0.2, 0.25) is 0 Å². The number of hydrogen-bond acceptors (Lipinski definition) is 2. The van der Waals surface area contributed by atoms with Gasteiger partial charge in [-0.25, -0.2) is 0 Å². The quantitative estimate of drug-likeness (QED) is 0.500. The molecule has 31 heavy (non-hydrogen) atoms. The van der Waals surface area contributed by atoms with Crippen LogP contribution in [0.5, 0.6) is 0 Å². The third kappa shape index (κ3) is 5.12. The summed E-state index contributed by atoms with van der Waals surface area (Å²) in [6.45, 7) is 3.28. The van der Waals surface area contributed by atoms with Crippen LogP contribution in [0.4, 0.5) is 13.2 Å². The van der Waals surface area contributed by atoms with Gasteiger partial charge in [-0.3, -0.25) is 4.90 Å². The van der Waals surface area contributed by atoms with Crippen LogP contribution in [0, 0.1) is 0 Å². The highest BCUT2D eigenvalue weighted by Crippen LogP contribution is 2.39. The van der Waals surface area contributed by atoms with E-state index in [1.807, 2.05) is 54.6 Å². The fourth-order valence-corrected chi connectivity index (χ4v) is 4.38. The van der Waals surface area contributed by atoms with Crippen molar-refractivity contribution in [2.45, 2.75) is 18.6 Å². The summed E-state index contributed by atoms with van der Waals surface area (Å²) in [5, 5.41) is 3.10. The topological polar surface area (TPSA) is 15.3 Å². The second-order valence-electron chi connectivity index (χ2n) is 7.77. The molecule has 1 fully saturated rings. The van der Waals surface area contributed by atoms with Crippen LogP contribution in [0.25, 0.3) is 11.1 Å². The van der Waals surface area contributed by atoms with E-state index in [4.69, 9.17) is 11.6 Å². The molecule has 0 saturated carbocycles. The molecular weight excluding hydrogens is 421 g/mol. The lowest BCUT2D eigenvalue weighted by molar-refractivity contribution is -0.137. The van der Waals surface area contributed by atoms with Crippen molar-refractivity contribution >= 4 is 11.6 Å². The Labute approximate surface area is 185 Å². The normalized spacial score (nSPS) is 16.6. The molecule has 0 aromatic heterocycles. The molecule has 0 radical (unpaired) electrons. The summed E-state index contributed by atoms with van der Waals surface area (Å²) in [6, 6.07) is 22.2. The van der Waals surface area contributed by atoms with Crippen molar-refractivity contribution in [2.75, 3.05) is 26.2 Å². The number of hydrogen-bond donors (Lipinski definition) is 1. The molecule has 162 valence electrons. The standard InChI is InChI=1S/C25H24ClF3N2/c26-23-12-11-21(17-22(23)25(27,28)29)24(31-15-4-13-30-14-16-31)20-9-7-19(8-10-20)18-5-2-1-3-6-18/h1-3,5-12,17,24,30H,4,13-16H2. The molecule has 1 N–H and O–H groups in total. The van der Waals surface area contributed by atoms with Crippen LogP contribution >= 0.6 is 11.6 Å². The van der Waals surface area contributed by atoms with Gasteiger partial charge in [0, 0.05) is 19.6 Å². The van der Waals surface area contributed by atoms with Gasteiger partial charge >= 0.3 is 6.18 Å². The summed E-state index contributed by atoms with van der Waals surface area (Å²) in [4.78, 5) is 2.25. The predicted molar refractivity (Wildman–Crippen MR) is 119 cm³/mol. The molecule has 1 heterocycles. The molecule has 6 heteroatoms. The van der Waals surface area contributed by atoms with Crippen molar-refractivity contribution in [3.05, 3.63) is 94.5 Å². The van der Waals surface area contributed by atoms with E-state index in [1.54, 1.807) is 6.07 Å². The average molecular weight is 445 g/mol. The summed E-state index contributed by atoms with van der Waals surface area (Å²) < 4.78 is 40.6. The minimum absolute atomic E-state index is 0.271. The van der Waals surface area contributed by atoms with Gasteiger partial charge in [-0.05, 0) is 47.4 Å². The Morgan fingerprint density at radius 1 is 0.806 bits per heavy atom. The highest BCUT2D eigenvalue weighted by molar-refractivity contribution is 6.31. The molecule has 0 spiro atoms. The lowest BCUT2D eigenvalue weighted by atomic mass is 9.93. The van der Waals surface area contributed by atoms with Gasteiger partial charge in [0.15, 0.2) is 0 Å². The Bertz CT molecular complexity index is 996. The zero-order chi connectivity index (χ0) is 21.8. The third-order valence-electron chi connectivity index (χ3n) is 5.68. The minimum atomic E-state index is -4.49. The molecule has 1 aliphatic rings. The van der Waals surface area contributed by atoms with Gasteiger partial charge < -0.3 is 5.32 Å². The van der Waals surface area contributed by atoms with Gasteiger partial charge in [0.1, 0.15) is 0 Å². The van der Waals surface area contributed by atoms with E-state index in [1.165, 1.54) is 12.1 Å². The van der Waals surface area contributed by atoms with E-state index in [-0.39, 0.29) is 11.1 Å². The van der Waals surface area contributed by atoms with Crippen LogP contribution in [0.15, 0.2) is 72.8 Å². The Balaban J connectivity index is 1.75. The van der Waals surface area contributed by atoms with Gasteiger partial charge in [-0.2, -0.15) is 13.2 Å². The van der Waals surface area contributed by atoms with Gasteiger partial charge in [-0.15, -0.1) is 0 Å². The Kier molecular flexibility index (Phi) is 6.65. The molecule has 4 rings (SSSR count). The largest absolute Gasteiger partial charge is 0.417 e. The smallest absolute Gasteiger partial charge is 0.315 e. The number of nitrogens with one attached hydrogen (secondary N) is 1. The predicted octanol–water partition coefficient (Wildman–Crippen LogP) is 6.41. The molecule has 3 aromatic rings. The van der Waals surface area contributed by atoms with E-state index < -0.39 is 11.7 Å². The molecule has 3 aromatic carbocycles. The van der Waals surface area contributed by atoms with Crippen LogP contribution in [0.2, 0.25) is 5.02 Å². The maximum Gasteiger partial charge on any atom is 0.417 e. The van der Waals surface area contributed by atoms with E-state index in [9.17, 15) is 13.2 Å². The second-order valence-corrected chi connectivity index (χ2v) is 8.17. The first-order valence-corrected chi connectivity index (χ1v) is 10.8. The average Bonchev–Trinajstić information content (AvgIpc) is 3.05. The first-order valence-electron chi connectivity index (χ1n) is 10.4. The first kappa shape index (κ1) is 21.9. The fourth-order valence-electron chi connectivity index (χ4n) is 4.16. The van der Waals surface area contributed by atoms with Crippen molar-refractivity contribution in [1.82, 2.24) is 10.2 Å². The third-order valence-corrected chi connectivity index (χ3v) is 6.01. The van der Waals surface area contributed by atoms with Crippen LogP contribution < -0.4 is 5.32 Å². The maximum absolute atomic E-state index is 13.5. The molecular formula is C25H24ClF3N2. The molecule has 0 bridgehead atoms. The highest BCUT2D eigenvalue weighted by atomic mass is 35.5. The second kappa shape index (κ2) is 9.43. The minimum Gasteiger partial charge on any atom is -0.315 e. The zero-order valence-corrected chi connectivity index (χ0v) is 17.8. The van der Waals surface area contributed by atoms with Crippen molar-refractivity contribution in [3.63, 3.8) is 0 Å². The molecule has 1 aliphatic heterocycles. The van der Waals surface area contributed by atoms with Crippen LogP contribution in [-0.2, 0) is 6.18 Å². The van der Waals surface area contributed by atoms with Crippen molar-refractivity contribution in [2.24, 2.45) is 0 Å². The van der Waals surface area contributed by atoms with E-state index in [2.05, 4.69) is 10.2 Å². The van der Waals surface area contributed by atoms with E-state index >= 15 is 0 Å². The monoisotopic (exact) mass is 444 g/mol. The molecule has 2 nitrogen and oxygen atoms in total. The Hall–Kier alpha value is -2.34. The number of nitrogens with zero attached hydrogens (tertiary/aromatic N) is 1. The molecule has 0 aliphatic carbocycles. The molecule has 1 unspecified atom stereocenters. The fraction of sp³-hybridized carbons (Fsp3) is 0.280. The van der Waals surface area contributed by atoms with E-state index in [0.717, 1.165) is 49.3 Å². The summed E-state index contributed by atoms with van der Waals surface area (Å²) in [5.74, 6) is 0. The lowest BCUT2D eigenvalue weighted by Gasteiger charge is -2.32. The van der Waals surface area contributed by atoms with Crippen molar-refractivity contribution in [3.8, 4) is 11.1 Å². The molecule has 1 saturated heterocycles. The summed E-state index contributed by atoms with van der Waals surface area (Å²) in [7, 11) is 0. The van der Waals surface area contributed by atoms with Gasteiger partial charge in [0.25, 0.3) is 0 Å². The van der Waals surface area contributed by atoms with Crippen LogP contribution in [-0.4, -0.2) is 31.1 Å². The van der Waals surface area contributed by atoms with Crippen LogP contribution in [0.1, 0.15) is 29.2 Å². The maximum atomic E-state index is 13.5. The van der Waals surface area contributed by atoms with E-state index in [0.29, 0.717) is 5.56 Å². The molecule has 1 atom stereocenters. The number of halogens is 4. The number of alkyl halides is 3. The summed E-state index contributed by atoms with van der Waals surface area (Å²) in [6.07, 6.45) is -3.55. The van der Waals surface area contributed by atoms with Gasteiger partial charge in [0.05, 0.1) is 16.6 Å². The van der Waals surface area contributed by atoms with Crippen molar-refractivity contribution in [1.29, 1.82) is 0 Å². The lowest BCUT2D eigenvalue weighted by Crippen LogP contribution is -2.33.